The van der Waals surface area contributed by atoms with Crippen LogP contribution in [0.25, 0.3) is 0 Å². The fourth-order valence-electron chi connectivity index (χ4n) is 2.12. The van der Waals surface area contributed by atoms with Crippen LogP contribution in [0.4, 0.5) is 5.69 Å². The van der Waals surface area contributed by atoms with Gasteiger partial charge in [0.15, 0.2) is 0 Å². The Labute approximate surface area is 158 Å². The number of rotatable bonds is 9. The number of thiol groups is 1. The summed E-state index contributed by atoms with van der Waals surface area (Å²) in [5.74, 6) is 1.23. The zero-order valence-corrected chi connectivity index (χ0v) is 15.6. The summed E-state index contributed by atoms with van der Waals surface area (Å²) in [5.41, 5.74) is 7.66. The van der Waals surface area contributed by atoms with Gasteiger partial charge in [-0.1, -0.05) is 35.3 Å². The Morgan fingerprint density at radius 3 is 2.88 bits per heavy atom. The van der Waals surface area contributed by atoms with Gasteiger partial charge in [-0.25, -0.2) is 4.98 Å². The van der Waals surface area contributed by atoms with Crippen molar-refractivity contribution in [2.45, 2.75) is 18.9 Å². The zero-order chi connectivity index (χ0) is 17.4. The number of nitrogens with two attached hydrogens (primary N) is 1. The van der Waals surface area contributed by atoms with Crippen molar-refractivity contribution in [1.82, 2.24) is 4.98 Å². The van der Waals surface area contributed by atoms with Crippen molar-refractivity contribution in [2.75, 3.05) is 24.2 Å². The first-order valence-corrected chi connectivity index (χ1v) is 9.11. The van der Waals surface area contributed by atoms with E-state index in [9.17, 15) is 0 Å². The molecule has 0 amide bonds. The predicted molar refractivity (Wildman–Crippen MR) is 105 cm³/mol. The first kappa shape index (κ1) is 19.2. The van der Waals surface area contributed by atoms with Crippen LogP contribution in [-0.2, 0) is 6.42 Å². The second-order valence-corrected chi connectivity index (χ2v) is 6.48. The van der Waals surface area contributed by atoms with Gasteiger partial charge in [0.2, 0.25) is 5.88 Å². The molecule has 0 saturated carbocycles. The Balaban J connectivity index is 1.89. The molecule has 0 radical (unpaired) electrons. The van der Waals surface area contributed by atoms with Gasteiger partial charge >= 0.3 is 0 Å². The van der Waals surface area contributed by atoms with E-state index in [0.717, 1.165) is 24.2 Å². The molecule has 24 heavy (non-hydrogen) atoms. The molecule has 0 bridgehead atoms. The molecule has 4 nitrogen and oxygen atoms in total. The fraction of sp³-hybridized carbons (Fsp3) is 0.353. The number of nitrogens with zero attached hydrogens (tertiary/aromatic N) is 1. The SMILES string of the molecule is NC(CS)CCNc1cccnc1OCCc1cccc(Cl)c1Cl. The summed E-state index contributed by atoms with van der Waals surface area (Å²) in [6, 6.07) is 9.45. The largest absolute Gasteiger partial charge is 0.476 e. The summed E-state index contributed by atoms with van der Waals surface area (Å²) < 4.78 is 5.80. The number of anilines is 1. The van der Waals surface area contributed by atoms with Crippen molar-refractivity contribution in [3.05, 3.63) is 52.1 Å². The van der Waals surface area contributed by atoms with Gasteiger partial charge in [-0.05, 0) is 30.2 Å². The molecule has 1 aromatic heterocycles. The van der Waals surface area contributed by atoms with Gasteiger partial charge in [-0.3, -0.25) is 0 Å². The van der Waals surface area contributed by atoms with Crippen molar-refractivity contribution in [2.24, 2.45) is 5.73 Å². The van der Waals surface area contributed by atoms with E-state index in [-0.39, 0.29) is 6.04 Å². The highest BCUT2D eigenvalue weighted by Gasteiger charge is 2.08. The molecule has 7 heteroatoms. The number of ether oxygens (including phenoxy) is 1. The molecule has 130 valence electrons. The molecule has 0 aliphatic rings. The van der Waals surface area contributed by atoms with E-state index in [1.54, 1.807) is 12.3 Å². The summed E-state index contributed by atoms with van der Waals surface area (Å²) in [7, 11) is 0. The first-order valence-electron chi connectivity index (χ1n) is 7.73. The molecule has 0 aliphatic carbocycles. The smallest absolute Gasteiger partial charge is 0.237 e. The molecule has 0 aliphatic heterocycles. The standard InChI is InChI=1S/C17H21Cl2N3OS/c18-14-4-1-3-12(16(14)19)7-10-23-17-15(5-2-8-22-17)21-9-6-13(20)11-24/h1-5,8,13,21,24H,6-7,9-11,20H2. The third kappa shape index (κ3) is 5.74. The lowest BCUT2D eigenvalue weighted by molar-refractivity contribution is 0.311. The van der Waals surface area contributed by atoms with Gasteiger partial charge in [0.05, 0.1) is 22.3 Å². The number of nitrogens with one attached hydrogen (secondary N) is 1. The minimum absolute atomic E-state index is 0.0758. The summed E-state index contributed by atoms with van der Waals surface area (Å²) in [5, 5.41) is 4.42. The molecular weight excluding hydrogens is 365 g/mol. The first-order chi connectivity index (χ1) is 11.6. The van der Waals surface area contributed by atoms with Crippen molar-refractivity contribution < 1.29 is 4.74 Å². The van der Waals surface area contributed by atoms with Crippen LogP contribution < -0.4 is 15.8 Å². The van der Waals surface area contributed by atoms with Gasteiger partial charge in [0.25, 0.3) is 0 Å². The van der Waals surface area contributed by atoms with Gasteiger partial charge in [-0.2, -0.15) is 12.6 Å². The lowest BCUT2D eigenvalue weighted by Crippen LogP contribution is -2.25. The van der Waals surface area contributed by atoms with Crippen LogP contribution in [-0.4, -0.2) is 29.9 Å². The van der Waals surface area contributed by atoms with Gasteiger partial charge in [0, 0.05) is 31.0 Å². The summed E-state index contributed by atoms with van der Waals surface area (Å²) in [6.07, 6.45) is 3.18. The average molecular weight is 386 g/mol. The minimum atomic E-state index is 0.0758. The summed E-state index contributed by atoms with van der Waals surface area (Å²) in [4.78, 5) is 4.28. The Morgan fingerprint density at radius 1 is 1.25 bits per heavy atom. The van der Waals surface area contributed by atoms with Crippen molar-refractivity contribution in [1.29, 1.82) is 0 Å². The number of aromatic nitrogens is 1. The fourth-order valence-corrected chi connectivity index (χ4v) is 2.72. The van der Waals surface area contributed by atoms with E-state index < -0.39 is 0 Å². The number of halogens is 2. The monoisotopic (exact) mass is 385 g/mol. The Kier molecular flexibility index (Phi) is 7.99. The number of hydrogen-bond acceptors (Lipinski definition) is 5. The lowest BCUT2D eigenvalue weighted by atomic mass is 10.2. The third-order valence-electron chi connectivity index (χ3n) is 3.48. The highest BCUT2D eigenvalue weighted by Crippen LogP contribution is 2.26. The van der Waals surface area contributed by atoms with E-state index in [1.165, 1.54) is 0 Å². The molecule has 1 heterocycles. The topological polar surface area (TPSA) is 60.2 Å². The normalized spacial score (nSPS) is 12.0. The average Bonchev–Trinajstić information content (AvgIpc) is 2.59. The maximum Gasteiger partial charge on any atom is 0.237 e. The number of benzene rings is 1. The molecule has 0 saturated heterocycles. The van der Waals surface area contributed by atoms with E-state index >= 15 is 0 Å². The van der Waals surface area contributed by atoms with Crippen molar-refractivity contribution in [3.8, 4) is 5.88 Å². The highest BCUT2D eigenvalue weighted by molar-refractivity contribution is 7.80. The van der Waals surface area contributed by atoms with Crippen LogP contribution in [0.1, 0.15) is 12.0 Å². The number of pyridine rings is 1. The van der Waals surface area contributed by atoms with Gasteiger partial charge < -0.3 is 15.8 Å². The zero-order valence-electron chi connectivity index (χ0n) is 13.2. The minimum Gasteiger partial charge on any atom is -0.476 e. The Hall–Kier alpha value is -1.14. The summed E-state index contributed by atoms with van der Waals surface area (Å²) in [6.45, 7) is 1.20. The second-order valence-electron chi connectivity index (χ2n) is 5.33. The Bertz CT molecular complexity index is 657. The van der Waals surface area contributed by atoms with E-state index in [1.807, 2.05) is 24.3 Å². The summed E-state index contributed by atoms with van der Waals surface area (Å²) >= 11 is 16.4. The van der Waals surface area contributed by atoms with Gasteiger partial charge in [-0.15, -0.1) is 0 Å². The van der Waals surface area contributed by atoms with Crippen LogP contribution in [0.5, 0.6) is 5.88 Å². The van der Waals surface area contributed by atoms with Crippen LogP contribution in [0.3, 0.4) is 0 Å². The second kappa shape index (κ2) is 9.99. The van der Waals surface area contributed by atoms with Gasteiger partial charge in [0.1, 0.15) is 0 Å². The maximum atomic E-state index is 6.18. The molecule has 3 N–H and O–H groups in total. The maximum absolute atomic E-state index is 6.18. The van der Waals surface area contributed by atoms with Crippen LogP contribution >= 0.6 is 35.8 Å². The molecule has 1 aromatic carbocycles. The molecule has 2 aromatic rings. The predicted octanol–water partition coefficient (Wildman–Crippen LogP) is 4.07. The van der Waals surface area contributed by atoms with E-state index in [0.29, 0.717) is 34.7 Å². The quantitative estimate of drug-likeness (QED) is 0.569. The third-order valence-corrected chi connectivity index (χ3v) is 4.81. The molecule has 0 fully saturated rings. The van der Waals surface area contributed by atoms with Crippen LogP contribution in [0.2, 0.25) is 10.0 Å². The molecule has 0 spiro atoms. The van der Waals surface area contributed by atoms with Crippen LogP contribution in [0.15, 0.2) is 36.5 Å². The van der Waals surface area contributed by atoms with E-state index in [4.69, 9.17) is 33.7 Å². The molecule has 2 rings (SSSR count). The van der Waals surface area contributed by atoms with Crippen molar-refractivity contribution >= 4 is 41.5 Å². The Morgan fingerprint density at radius 2 is 2.08 bits per heavy atom. The molecule has 1 unspecified atom stereocenters. The lowest BCUT2D eigenvalue weighted by Gasteiger charge is -2.14. The molecular formula is C17H21Cl2N3OS. The van der Waals surface area contributed by atoms with Crippen molar-refractivity contribution in [3.63, 3.8) is 0 Å². The molecule has 1 atom stereocenters. The van der Waals surface area contributed by atoms with E-state index in [2.05, 4.69) is 22.9 Å². The highest BCUT2D eigenvalue weighted by atomic mass is 35.5. The van der Waals surface area contributed by atoms with Crippen LogP contribution in [0, 0.1) is 0 Å². The number of hydrogen-bond donors (Lipinski definition) is 3.